The Morgan fingerprint density at radius 1 is 1.23 bits per heavy atom. The van der Waals surface area contributed by atoms with Gasteiger partial charge in [-0.2, -0.15) is 0 Å². The summed E-state index contributed by atoms with van der Waals surface area (Å²) in [7, 11) is 0. The molecule has 0 aliphatic rings. The van der Waals surface area contributed by atoms with Gasteiger partial charge in [0, 0.05) is 6.20 Å². The Hall–Kier alpha value is -0.973. The van der Waals surface area contributed by atoms with E-state index in [-0.39, 0.29) is 24.6 Å². The van der Waals surface area contributed by atoms with Crippen LogP contribution in [0, 0.1) is 6.92 Å². The van der Waals surface area contributed by atoms with Crippen LogP contribution in [0.15, 0.2) is 30.5 Å². The van der Waals surface area contributed by atoms with Crippen LogP contribution in [-0.4, -0.2) is 4.98 Å². The standard InChI is InChI=1S/C10H9NO.Li/c1-7-4-5-8-3-2-6-11-9(8)10(7)12;/h2-6,12H,1H3;/q;+1/p-1. The Labute approximate surface area is 88.8 Å². The number of pyridine rings is 1. The minimum atomic E-state index is 0. The quantitative estimate of drug-likeness (QED) is 0.451. The number of fused-ring (bicyclic) bond motifs is 1. The minimum Gasteiger partial charge on any atom is -0.871 e. The topological polar surface area (TPSA) is 36.0 Å². The summed E-state index contributed by atoms with van der Waals surface area (Å²) >= 11 is 0. The Bertz CT molecular complexity index is 428. The average Bonchev–Trinajstić information content (AvgIpc) is 2.12. The van der Waals surface area contributed by atoms with Gasteiger partial charge >= 0.3 is 18.9 Å². The molecule has 0 saturated carbocycles. The second kappa shape index (κ2) is 3.82. The smallest absolute Gasteiger partial charge is 0.871 e. The summed E-state index contributed by atoms with van der Waals surface area (Å²) < 4.78 is 0. The summed E-state index contributed by atoms with van der Waals surface area (Å²) in [6.07, 6.45) is 1.64. The number of rotatable bonds is 0. The molecule has 1 aromatic carbocycles. The van der Waals surface area contributed by atoms with Gasteiger partial charge in [-0.3, -0.25) is 4.98 Å². The number of hydrogen-bond acceptors (Lipinski definition) is 2. The molecule has 0 N–H and O–H groups in total. The summed E-state index contributed by atoms with van der Waals surface area (Å²) in [6.45, 7) is 1.80. The summed E-state index contributed by atoms with van der Waals surface area (Å²) in [4.78, 5) is 4.03. The van der Waals surface area contributed by atoms with Crippen LogP contribution < -0.4 is 24.0 Å². The SMILES string of the molecule is Cc1ccc2cccnc2c1[O-].[Li+]. The van der Waals surface area contributed by atoms with Gasteiger partial charge in [-0.05, 0) is 18.4 Å². The van der Waals surface area contributed by atoms with Gasteiger partial charge in [0.2, 0.25) is 0 Å². The molecule has 1 heterocycles. The predicted molar refractivity (Wildman–Crippen MR) is 45.9 cm³/mol. The van der Waals surface area contributed by atoms with Crippen molar-refractivity contribution in [3.63, 3.8) is 0 Å². The number of nitrogens with zero attached hydrogens (tertiary/aromatic N) is 1. The zero-order valence-corrected chi connectivity index (χ0v) is 7.74. The molecule has 2 aromatic rings. The van der Waals surface area contributed by atoms with Crippen molar-refractivity contribution in [3.8, 4) is 5.75 Å². The number of benzene rings is 1. The van der Waals surface area contributed by atoms with Crippen LogP contribution in [0.5, 0.6) is 5.75 Å². The van der Waals surface area contributed by atoms with Crippen molar-refractivity contribution in [1.29, 1.82) is 0 Å². The van der Waals surface area contributed by atoms with E-state index in [2.05, 4.69) is 4.98 Å². The fourth-order valence-electron chi connectivity index (χ4n) is 1.22. The van der Waals surface area contributed by atoms with Crippen molar-refractivity contribution in [2.75, 3.05) is 0 Å². The average molecular weight is 165 g/mol. The monoisotopic (exact) mass is 165 g/mol. The fourth-order valence-corrected chi connectivity index (χ4v) is 1.22. The molecule has 0 unspecified atom stereocenters. The van der Waals surface area contributed by atoms with Crippen molar-refractivity contribution < 1.29 is 24.0 Å². The number of hydrogen-bond donors (Lipinski definition) is 0. The van der Waals surface area contributed by atoms with Crippen LogP contribution in [0.1, 0.15) is 5.56 Å². The molecule has 0 aliphatic heterocycles. The van der Waals surface area contributed by atoms with Crippen molar-refractivity contribution in [2.24, 2.45) is 0 Å². The van der Waals surface area contributed by atoms with Gasteiger partial charge in [0.1, 0.15) is 0 Å². The summed E-state index contributed by atoms with van der Waals surface area (Å²) in [6, 6.07) is 7.46. The van der Waals surface area contributed by atoms with Gasteiger partial charge in [0.25, 0.3) is 0 Å². The third kappa shape index (κ3) is 1.69. The first kappa shape index (κ1) is 10.1. The summed E-state index contributed by atoms with van der Waals surface area (Å²) in [5.41, 5.74) is 1.32. The molecule has 0 atom stereocenters. The molecule has 1 aromatic heterocycles. The maximum absolute atomic E-state index is 11.5. The van der Waals surface area contributed by atoms with Gasteiger partial charge in [-0.25, -0.2) is 0 Å². The molecule has 3 heteroatoms. The molecule has 60 valence electrons. The normalized spacial score (nSPS) is 9.62. The van der Waals surface area contributed by atoms with Crippen molar-refractivity contribution in [1.82, 2.24) is 4.98 Å². The first-order valence-corrected chi connectivity index (χ1v) is 3.80. The third-order valence-corrected chi connectivity index (χ3v) is 1.93. The van der Waals surface area contributed by atoms with Gasteiger partial charge < -0.3 is 5.11 Å². The van der Waals surface area contributed by atoms with E-state index >= 15 is 0 Å². The maximum Gasteiger partial charge on any atom is 1.00 e. The van der Waals surface area contributed by atoms with Crippen LogP contribution in [0.3, 0.4) is 0 Å². The van der Waals surface area contributed by atoms with Gasteiger partial charge in [-0.1, -0.05) is 29.5 Å². The molecule has 0 bridgehead atoms. The molecule has 0 fully saturated rings. The molecule has 2 nitrogen and oxygen atoms in total. The number of aromatic nitrogens is 1. The molecule has 2 rings (SSSR count). The van der Waals surface area contributed by atoms with E-state index in [1.165, 1.54) is 0 Å². The van der Waals surface area contributed by atoms with E-state index in [9.17, 15) is 5.11 Å². The molecule has 0 aliphatic carbocycles. The zero-order valence-electron chi connectivity index (χ0n) is 7.74. The van der Waals surface area contributed by atoms with E-state index in [0.29, 0.717) is 5.52 Å². The minimum absolute atomic E-state index is 0. The molecule has 0 radical (unpaired) electrons. The van der Waals surface area contributed by atoms with Crippen molar-refractivity contribution in [3.05, 3.63) is 36.0 Å². The second-order valence-electron chi connectivity index (χ2n) is 2.79. The summed E-state index contributed by atoms with van der Waals surface area (Å²) in [5, 5.41) is 12.4. The van der Waals surface area contributed by atoms with Crippen LogP contribution in [0.2, 0.25) is 0 Å². The maximum atomic E-state index is 11.5. The van der Waals surface area contributed by atoms with E-state index in [0.717, 1.165) is 10.9 Å². The predicted octanol–water partition coefficient (Wildman–Crippen LogP) is -1.38. The van der Waals surface area contributed by atoms with E-state index in [1.54, 1.807) is 13.1 Å². The molecular formula is C10H8LiNO. The fraction of sp³-hybridized carbons (Fsp3) is 0.100. The van der Waals surface area contributed by atoms with E-state index < -0.39 is 0 Å². The van der Waals surface area contributed by atoms with Crippen LogP contribution in [0.4, 0.5) is 0 Å². The Morgan fingerprint density at radius 3 is 2.77 bits per heavy atom. The van der Waals surface area contributed by atoms with E-state index in [1.807, 2.05) is 24.3 Å². The Balaban J connectivity index is 0.000000845. The van der Waals surface area contributed by atoms with Gasteiger partial charge in [0.05, 0.1) is 5.52 Å². The molecular weight excluding hydrogens is 157 g/mol. The van der Waals surface area contributed by atoms with Crippen molar-refractivity contribution in [2.45, 2.75) is 6.92 Å². The second-order valence-corrected chi connectivity index (χ2v) is 2.79. The van der Waals surface area contributed by atoms with Gasteiger partial charge in [0.15, 0.2) is 0 Å². The van der Waals surface area contributed by atoms with Crippen LogP contribution >= 0.6 is 0 Å². The first-order valence-electron chi connectivity index (χ1n) is 3.80. The van der Waals surface area contributed by atoms with Crippen LogP contribution in [-0.2, 0) is 0 Å². The first-order chi connectivity index (χ1) is 5.79. The third-order valence-electron chi connectivity index (χ3n) is 1.93. The molecule has 13 heavy (non-hydrogen) atoms. The molecule has 0 amide bonds. The van der Waals surface area contributed by atoms with Crippen LogP contribution in [0.25, 0.3) is 10.9 Å². The zero-order chi connectivity index (χ0) is 8.55. The largest absolute Gasteiger partial charge is 1.00 e. The van der Waals surface area contributed by atoms with Gasteiger partial charge in [-0.15, -0.1) is 0 Å². The molecule has 0 saturated heterocycles. The Morgan fingerprint density at radius 2 is 2.00 bits per heavy atom. The van der Waals surface area contributed by atoms with Crippen molar-refractivity contribution >= 4 is 10.9 Å². The number of aryl methyl sites for hydroxylation is 1. The summed E-state index contributed by atoms with van der Waals surface area (Å²) in [5.74, 6) is 0.0353. The van der Waals surface area contributed by atoms with E-state index in [4.69, 9.17) is 0 Å². The Kier molecular flexibility index (Phi) is 2.97. The molecule has 0 spiro atoms.